The Morgan fingerprint density at radius 3 is 2.44 bits per heavy atom. The van der Waals surface area contributed by atoms with Crippen LogP contribution in [0.4, 0.5) is 5.69 Å². The highest BCUT2D eigenvalue weighted by Gasteiger charge is 2.32. The molecule has 0 radical (unpaired) electrons. The monoisotopic (exact) mass is 461 g/mol. The second-order valence-corrected chi connectivity index (χ2v) is 8.08. The zero-order valence-electron chi connectivity index (χ0n) is 18.9. The maximum Gasteiger partial charge on any atom is 0.281 e. The summed E-state index contributed by atoms with van der Waals surface area (Å²) in [7, 11) is 1.60. The summed E-state index contributed by atoms with van der Waals surface area (Å²) in [6.45, 7) is 0.878. The van der Waals surface area contributed by atoms with Gasteiger partial charge in [-0.05, 0) is 59.5 Å². The molecule has 0 bridgehead atoms. The molecule has 3 N–H and O–H groups in total. The summed E-state index contributed by atoms with van der Waals surface area (Å²) in [6, 6.07) is 22.5. The molecule has 0 spiro atoms. The van der Waals surface area contributed by atoms with Gasteiger partial charge >= 0.3 is 0 Å². The minimum Gasteiger partial charge on any atom is -0.497 e. The molecule has 0 aliphatic carbocycles. The number of benzene rings is 3. The van der Waals surface area contributed by atoms with Gasteiger partial charge in [0.1, 0.15) is 11.5 Å². The van der Waals surface area contributed by atoms with E-state index in [0.29, 0.717) is 30.9 Å². The van der Waals surface area contributed by atoms with Crippen LogP contribution in [0.15, 0.2) is 72.8 Å². The third kappa shape index (κ3) is 5.72. The Labute approximate surface area is 198 Å². The van der Waals surface area contributed by atoms with Crippen LogP contribution in [-0.4, -0.2) is 41.7 Å². The number of rotatable bonds is 8. The predicted molar refractivity (Wildman–Crippen MR) is 127 cm³/mol. The van der Waals surface area contributed by atoms with E-state index in [1.165, 1.54) is 0 Å². The van der Waals surface area contributed by atoms with Gasteiger partial charge in [-0.1, -0.05) is 36.4 Å². The molecule has 1 aliphatic rings. The first-order valence-corrected chi connectivity index (χ1v) is 11.0. The SMILES string of the molecule is COc1ccc(NC(=O)[C@@H]2Cc3ccc(OCC(=O)NO)cc3CN2Cc2ccccc2)cc1. The van der Waals surface area contributed by atoms with Crippen molar-refractivity contribution in [2.24, 2.45) is 0 Å². The molecule has 8 heteroatoms. The Hall–Kier alpha value is -3.88. The van der Waals surface area contributed by atoms with E-state index in [0.717, 1.165) is 22.4 Å². The van der Waals surface area contributed by atoms with Crippen molar-refractivity contribution < 1.29 is 24.3 Å². The van der Waals surface area contributed by atoms with Gasteiger partial charge in [0.05, 0.1) is 13.2 Å². The molecule has 8 nitrogen and oxygen atoms in total. The van der Waals surface area contributed by atoms with Gasteiger partial charge in [0, 0.05) is 18.8 Å². The predicted octanol–water partition coefficient (Wildman–Crippen LogP) is 3.15. The van der Waals surface area contributed by atoms with Crippen molar-refractivity contribution >= 4 is 17.5 Å². The van der Waals surface area contributed by atoms with Gasteiger partial charge in [0.2, 0.25) is 5.91 Å². The highest BCUT2D eigenvalue weighted by Crippen LogP contribution is 2.29. The number of methoxy groups -OCH3 is 1. The number of nitrogens with zero attached hydrogens (tertiary/aromatic N) is 1. The standard InChI is InChI=1S/C26H27N3O5/c1-33-22-11-8-21(9-12-22)27-26(31)24-14-19-7-10-23(34-17-25(30)28-32)13-20(19)16-29(24)15-18-5-3-2-4-6-18/h2-13,24,32H,14-17H2,1H3,(H,27,31)(H,28,30)/t24-/m0/s1. The number of hydrogen-bond acceptors (Lipinski definition) is 6. The molecular formula is C26H27N3O5. The summed E-state index contributed by atoms with van der Waals surface area (Å²) < 4.78 is 10.7. The highest BCUT2D eigenvalue weighted by molar-refractivity contribution is 5.95. The number of ether oxygens (including phenoxy) is 2. The van der Waals surface area contributed by atoms with E-state index in [-0.39, 0.29) is 18.6 Å². The van der Waals surface area contributed by atoms with E-state index >= 15 is 0 Å². The normalized spacial score (nSPS) is 15.2. The molecule has 176 valence electrons. The number of hydroxylamine groups is 1. The van der Waals surface area contributed by atoms with E-state index < -0.39 is 5.91 Å². The molecule has 1 heterocycles. The van der Waals surface area contributed by atoms with Crippen LogP contribution < -0.4 is 20.3 Å². The Morgan fingerprint density at radius 2 is 1.74 bits per heavy atom. The summed E-state index contributed by atoms with van der Waals surface area (Å²) in [5, 5.41) is 11.7. The maximum absolute atomic E-state index is 13.3. The van der Waals surface area contributed by atoms with Crippen LogP contribution in [-0.2, 0) is 29.1 Å². The molecule has 1 atom stereocenters. The van der Waals surface area contributed by atoms with Crippen molar-refractivity contribution in [3.8, 4) is 11.5 Å². The average Bonchev–Trinajstić information content (AvgIpc) is 2.87. The molecule has 0 aromatic heterocycles. The van der Waals surface area contributed by atoms with Crippen LogP contribution in [0, 0.1) is 0 Å². The lowest BCUT2D eigenvalue weighted by Gasteiger charge is -2.36. The zero-order chi connectivity index (χ0) is 23.9. The largest absolute Gasteiger partial charge is 0.497 e. The second kappa shape index (κ2) is 10.8. The van der Waals surface area contributed by atoms with Crippen LogP contribution >= 0.6 is 0 Å². The Kier molecular flexibility index (Phi) is 7.41. The quantitative estimate of drug-likeness (QED) is 0.352. The number of amides is 2. The number of carbonyl (C=O) groups is 2. The minimum atomic E-state index is -0.626. The van der Waals surface area contributed by atoms with Gasteiger partial charge < -0.3 is 14.8 Å². The third-order valence-electron chi connectivity index (χ3n) is 5.79. The fourth-order valence-corrected chi connectivity index (χ4v) is 4.03. The lowest BCUT2D eigenvalue weighted by atomic mass is 9.92. The van der Waals surface area contributed by atoms with Crippen molar-refractivity contribution in [3.05, 3.63) is 89.5 Å². The van der Waals surface area contributed by atoms with Crippen LogP contribution in [0.5, 0.6) is 11.5 Å². The van der Waals surface area contributed by atoms with Crippen LogP contribution in [0.1, 0.15) is 16.7 Å². The summed E-state index contributed by atoms with van der Waals surface area (Å²) in [5.74, 6) is 0.554. The Morgan fingerprint density at radius 1 is 1.00 bits per heavy atom. The third-order valence-corrected chi connectivity index (χ3v) is 5.79. The molecule has 0 saturated heterocycles. The topological polar surface area (TPSA) is 100 Å². The van der Waals surface area contributed by atoms with Gasteiger partial charge in [-0.2, -0.15) is 0 Å². The molecule has 2 amide bonds. The van der Waals surface area contributed by atoms with Gasteiger partial charge in [0.15, 0.2) is 6.61 Å². The van der Waals surface area contributed by atoms with E-state index in [2.05, 4.69) is 10.2 Å². The van der Waals surface area contributed by atoms with Crippen molar-refractivity contribution in [2.75, 3.05) is 19.0 Å². The number of hydrogen-bond donors (Lipinski definition) is 3. The highest BCUT2D eigenvalue weighted by atomic mass is 16.5. The molecule has 0 unspecified atom stereocenters. The Bertz CT molecular complexity index is 1130. The Balaban J connectivity index is 1.55. The van der Waals surface area contributed by atoms with Gasteiger partial charge in [0.25, 0.3) is 5.91 Å². The van der Waals surface area contributed by atoms with E-state index in [1.54, 1.807) is 18.7 Å². The number of nitrogens with one attached hydrogen (secondary N) is 2. The molecule has 3 aromatic rings. The van der Waals surface area contributed by atoms with E-state index in [4.69, 9.17) is 14.7 Å². The molecule has 0 saturated carbocycles. The maximum atomic E-state index is 13.3. The van der Waals surface area contributed by atoms with Crippen molar-refractivity contribution in [1.29, 1.82) is 0 Å². The van der Waals surface area contributed by atoms with Gasteiger partial charge in [-0.15, -0.1) is 0 Å². The fourth-order valence-electron chi connectivity index (χ4n) is 4.03. The first-order chi connectivity index (χ1) is 16.6. The molecule has 3 aromatic carbocycles. The molecule has 4 rings (SSSR count). The van der Waals surface area contributed by atoms with Crippen molar-refractivity contribution in [3.63, 3.8) is 0 Å². The fraction of sp³-hybridized carbons (Fsp3) is 0.231. The lowest BCUT2D eigenvalue weighted by molar-refractivity contribution is -0.131. The van der Waals surface area contributed by atoms with Gasteiger partial charge in [-0.3, -0.25) is 19.7 Å². The molecule has 0 fully saturated rings. The molecular weight excluding hydrogens is 434 g/mol. The van der Waals surface area contributed by atoms with Crippen LogP contribution in [0.3, 0.4) is 0 Å². The summed E-state index contributed by atoms with van der Waals surface area (Å²) in [6.07, 6.45) is 0.543. The van der Waals surface area contributed by atoms with Crippen molar-refractivity contribution in [1.82, 2.24) is 10.4 Å². The number of anilines is 1. The van der Waals surface area contributed by atoms with Crippen LogP contribution in [0.25, 0.3) is 0 Å². The smallest absolute Gasteiger partial charge is 0.281 e. The number of fused-ring (bicyclic) bond motifs is 1. The lowest BCUT2D eigenvalue weighted by Crippen LogP contribution is -2.47. The average molecular weight is 462 g/mol. The first-order valence-electron chi connectivity index (χ1n) is 11.0. The second-order valence-electron chi connectivity index (χ2n) is 8.08. The molecule has 1 aliphatic heterocycles. The van der Waals surface area contributed by atoms with E-state index in [9.17, 15) is 9.59 Å². The summed E-state index contributed by atoms with van der Waals surface area (Å²) >= 11 is 0. The van der Waals surface area contributed by atoms with Crippen molar-refractivity contribution in [2.45, 2.75) is 25.6 Å². The minimum absolute atomic E-state index is 0.0771. The van der Waals surface area contributed by atoms with E-state index in [1.807, 2.05) is 66.7 Å². The summed E-state index contributed by atoms with van der Waals surface area (Å²) in [5.41, 5.74) is 5.46. The molecule has 34 heavy (non-hydrogen) atoms. The zero-order valence-corrected chi connectivity index (χ0v) is 18.9. The summed E-state index contributed by atoms with van der Waals surface area (Å²) in [4.78, 5) is 26.8. The first kappa shape index (κ1) is 23.3. The van der Waals surface area contributed by atoms with Crippen LogP contribution in [0.2, 0.25) is 0 Å². The number of carbonyl (C=O) groups excluding carboxylic acids is 2. The van der Waals surface area contributed by atoms with Gasteiger partial charge in [-0.25, -0.2) is 5.48 Å².